The summed E-state index contributed by atoms with van der Waals surface area (Å²) in [5.41, 5.74) is 2.02. The van der Waals surface area contributed by atoms with Gasteiger partial charge in [0.05, 0.1) is 27.2 Å². The number of rotatable bonds is 9. The molecule has 2 aromatic rings. The van der Waals surface area contributed by atoms with Gasteiger partial charge in [0.1, 0.15) is 0 Å². The number of carbonyl (C=O) groups is 2. The van der Waals surface area contributed by atoms with Crippen molar-refractivity contribution in [1.29, 1.82) is 0 Å². The Balaban J connectivity index is 2.07. The fourth-order valence-corrected chi connectivity index (χ4v) is 2.86. The summed E-state index contributed by atoms with van der Waals surface area (Å²) in [4.78, 5) is 23.5. The van der Waals surface area contributed by atoms with Crippen LogP contribution in [-0.2, 0) is 16.0 Å². The van der Waals surface area contributed by atoms with Gasteiger partial charge in [-0.15, -0.1) is 0 Å². The minimum Gasteiger partial charge on any atom is -0.493 e. The first-order chi connectivity index (χ1) is 13.4. The molecule has 0 aromatic heterocycles. The van der Waals surface area contributed by atoms with E-state index >= 15 is 0 Å². The topological polar surface area (TPSA) is 94.1 Å². The lowest BCUT2D eigenvalue weighted by Crippen LogP contribution is -2.13. The maximum atomic E-state index is 12.4. The van der Waals surface area contributed by atoms with E-state index in [1.807, 2.05) is 6.07 Å². The number of aryl methyl sites for hydroxylation is 1. The van der Waals surface area contributed by atoms with E-state index in [2.05, 4.69) is 5.32 Å². The standard InChI is InChI=1S/C21H25NO6/c1-13(21(24)25)15-6-5-7-16(12-15)22-18(23)11-9-14-8-10-17(26-2)20(28-4)19(14)27-3/h5-8,10,12-13H,9,11H2,1-4H3,(H,22,23)(H,24,25). The second-order valence-corrected chi connectivity index (χ2v) is 6.23. The number of carboxylic acids is 1. The van der Waals surface area contributed by atoms with Gasteiger partial charge in [-0.2, -0.15) is 0 Å². The Morgan fingerprint density at radius 3 is 2.36 bits per heavy atom. The third-order valence-corrected chi connectivity index (χ3v) is 4.45. The second kappa shape index (κ2) is 9.64. The minimum atomic E-state index is -0.913. The number of carbonyl (C=O) groups excluding carboxylic acids is 1. The molecule has 0 heterocycles. The molecule has 150 valence electrons. The molecule has 1 atom stereocenters. The van der Waals surface area contributed by atoms with Gasteiger partial charge in [0, 0.05) is 12.1 Å². The van der Waals surface area contributed by atoms with Gasteiger partial charge in [-0.25, -0.2) is 0 Å². The maximum absolute atomic E-state index is 12.4. The molecule has 0 aliphatic carbocycles. The number of hydrogen-bond donors (Lipinski definition) is 2. The number of hydrogen-bond acceptors (Lipinski definition) is 5. The van der Waals surface area contributed by atoms with Crippen molar-refractivity contribution >= 4 is 17.6 Å². The van der Waals surface area contributed by atoms with Gasteiger partial charge in [-0.05, 0) is 42.7 Å². The SMILES string of the molecule is COc1ccc(CCC(=O)Nc2cccc(C(C)C(=O)O)c2)c(OC)c1OC. The van der Waals surface area contributed by atoms with E-state index in [1.54, 1.807) is 44.4 Å². The van der Waals surface area contributed by atoms with E-state index in [9.17, 15) is 9.59 Å². The summed E-state index contributed by atoms with van der Waals surface area (Å²) in [7, 11) is 4.61. The molecule has 1 unspecified atom stereocenters. The lowest BCUT2D eigenvalue weighted by atomic mass is 10.0. The van der Waals surface area contributed by atoms with Crippen molar-refractivity contribution in [1.82, 2.24) is 0 Å². The van der Waals surface area contributed by atoms with Crippen molar-refractivity contribution in [3.8, 4) is 17.2 Å². The average molecular weight is 387 g/mol. The molecular formula is C21H25NO6. The number of methoxy groups -OCH3 is 3. The first kappa shape index (κ1) is 21.1. The predicted octanol–water partition coefficient (Wildman–Crippen LogP) is 3.47. The van der Waals surface area contributed by atoms with Gasteiger partial charge in [-0.1, -0.05) is 18.2 Å². The lowest BCUT2D eigenvalue weighted by molar-refractivity contribution is -0.138. The third-order valence-electron chi connectivity index (χ3n) is 4.45. The molecule has 2 rings (SSSR count). The monoisotopic (exact) mass is 387 g/mol. The Labute approximate surface area is 164 Å². The maximum Gasteiger partial charge on any atom is 0.310 e. The summed E-state index contributed by atoms with van der Waals surface area (Å²) in [5.74, 6) is -0.170. The van der Waals surface area contributed by atoms with Gasteiger partial charge in [-0.3, -0.25) is 9.59 Å². The zero-order valence-electron chi connectivity index (χ0n) is 16.4. The summed E-state index contributed by atoms with van der Waals surface area (Å²) in [5, 5.41) is 11.9. The molecule has 7 heteroatoms. The van der Waals surface area contributed by atoms with E-state index in [4.69, 9.17) is 19.3 Å². The molecule has 0 saturated carbocycles. The molecule has 0 fully saturated rings. The van der Waals surface area contributed by atoms with Crippen molar-refractivity contribution in [3.05, 3.63) is 47.5 Å². The van der Waals surface area contributed by atoms with Crippen LogP contribution in [0.25, 0.3) is 0 Å². The molecule has 1 amide bonds. The van der Waals surface area contributed by atoms with E-state index in [0.717, 1.165) is 5.56 Å². The Bertz CT molecular complexity index is 849. The quantitative estimate of drug-likeness (QED) is 0.684. The molecule has 0 spiro atoms. The summed E-state index contributed by atoms with van der Waals surface area (Å²) in [6.07, 6.45) is 0.672. The molecule has 2 N–H and O–H groups in total. The highest BCUT2D eigenvalue weighted by Crippen LogP contribution is 2.40. The summed E-state index contributed by atoms with van der Waals surface area (Å²) in [6.45, 7) is 1.60. The van der Waals surface area contributed by atoms with Crippen molar-refractivity contribution in [2.45, 2.75) is 25.7 Å². The van der Waals surface area contributed by atoms with Crippen LogP contribution >= 0.6 is 0 Å². The number of carboxylic acid groups (broad SMARTS) is 1. The fraction of sp³-hybridized carbons (Fsp3) is 0.333. The van der Waals surface area contributed by atoms with Crippen LogP contribution in [0.15, 0.2) is 36.4 Å². The molecule has 7 nitrogen and oxygen atoms in total. The van der Waals surface area contributed by atoms with Crippen LogP contribution in [0, 0.1) is 0 Å². The van der Waals surface area contributed by atoms with E-state index in [1.165, 1.54) is 14.2 Å². The summed E-state index contributed by atoms with van der Waals surface area (Å²) < 4.78 is 16.0. The van der Waals surface area contributed by atoms with Crippen LogP contribution < -0.4 is 19.5 Å². The van der Waals surface area contributed by atoms with Crippen LogP contribution in [0.5, 0.6) is 17.2 Å². The highest BCUT2D eigenvalue weighted by Gasteiger charge is 2.17. The highest BCUT2D eigenvalue weighted by molar-refractivity contribution is 5.91. The Morgan fingerprint density at radius 1 is 1.04 bits per heavy atom. The summed E-state index contributed by atoms with van der Waals surface area (Å²) >= 11 is 0. The van der Waals surface area contributed by atoms with Gasteiger partial charge in [0.15, 0.2) is 11.5 Å². The molecule has 28 heavy (non-hydrogen) atoms. The number of ether oxygens (including phenoxy) is 3. The number of anilines is 1. The minimum absolute atomic E-state index is 0.183. The molecule has 0 bridgehead atoms. The van der Waals surface area contributed by atoms with Gasteiger partial charge >= 0.3 is 5.97 Å². The highest BCUT2D eigenvalue weighted by atomic mass is 16.5. The second-order valence-electron chi connectivity index (χ2n) is 6.23. The van der Waals surface area contributed by atoms with Crippen LogP contribution in [0.3, 0.4) is 0 Å². The van der Waals surface area contributed by atoms with Gasteiger partial charge in [0.2, 0.25) is 11.7 Å². The first-order valence-corrected chi connectivity index (χ1v) is 8.81. The van der Waals surface area contributed by atoms with Crippen LogP contribution in [0.4, 0.5) is 5.69 Å². The number of benzene rings is 2. The van der Waals surface area contributed by atoms with Crippen LogP contribution in [0.1, 0.15) is 30.4 Å². The Kier molecular flexibility index (Phi) is 7.26. The lowest BCUT2D eigenvalue weighted by Gasteiger charge is -2.15. The van der Waals surface area contributed by atoms with Gasteiger partial charge < -0.3 is 24.6 Å². The van der Waals surface area contributed by atoms with Crippen molar-refractivity contribution < 1.29 is 28.9 Å². The fourth-order valence-electron chi connectivity index (χ4n) is 2.86. The zero-order valence-corrected chi connectivity index (χ0v) is 16.4. The predicted molar refractivity (Wildman–Crippen MR) is 106 cm³/mol. The number of nitrogens with one attached hydrogen (secondary N) is 1. The van der Waals surface area contributed by atoms with Crippen molar-refractivity contribution in [2.75, 3.05) is 26.6 Å². The average Bonchev–Trinajstić information content (AvgIpc) is 2.70. The molecule has 0 aliphatic rings. The Hall–Kier alpha value is -3.22. The Morgan fingerprint density at radius 2 is 1.75 bits per heavy atom. The number of amides is 1. The third kappa shape index (κ3) is 4.94. The van der Waals surface area contributed by atoms with E-state index in [-0.39, 0.29) is 12.3 Å². The molecule has 0 radical (unpaired) electrons. The molecule has 0 saturated heterocycles. The van der Waals surface area contributed by atoms with E-state index < -0.39 is 11.9 Å². The molecule has 0 aliphatic heterocycles. The molecule has 2 aromatic carbocycles. The smallest absolute Gasteiger partial charge is 0.310 e. The van der Waals surface area contributed by atoms with Crippen molar-refractivity contribution in [2.24, 2.45) is 0 Å². The van der Waals surface area contributed by atoms with Gasteiger partial charge in [0.25, 0.3) is 0 Å². The van der Waals surface area contributed by atoms with E-state index in [0.29, 0.717) is 34.9 Å². The zero-order chi connectivity index (χ0) is 20.7. The first-order valence-electron chi connectivity index (χ1n) is 8.81. The largest absolute Gasteiger partial charge is 0.493 e. The van der Waals surface area contributed by atoms with Crippen LogP contribution in [0.2, 0.25) is 0 Å². The summed E-state index contributed by atoms with van der Waals surface area (Å²) in [6, 6.07) is 10.5. The molecular weight excluding hydrogens is 362 g/mol. The number of aliphatic carboxylic acids is 1. The van der Waals surface area contributed by atoms with Crippen LogP contribution in [-0.4, -0.2) is 38.3 Å². The van der Waals surface area contributed by atoms with Crippen molar-refractivity contribution in [3.63, 3.8) is 0 Å². The normalized spacial score (nSPS) is 11.4.